The first-order valence-corrected chi connectivity index (χ1v) is 9.16. The number of H-pyrrole nitrogens is 1. The lowest BCUT2D eigenvalue weighted by atomic mass is 10.0. The summed E-state index contributed by atoms with van der Waals surface area (Å²) in [7, 11) is 0. The van der Waals surface area contributed by atoms with Crippen molar-refractivity contribution in [2.75, 3.05) is 5.73 Å². The lowest BCUT2D eigenvalue weighted by Crippen LogP contribution is -2.15. The molecule has 5 aromatic rings. The Morgan fingerprint density at radius 1 is 0.931 bits per heavy atom. The molecule has 3 aromatic carbocycles. The van der Waals surface area contributed by atoms with Crippen molar-refractivity contribution in [3.05, 3.63) is 93.2 Å². The van der Waals surface area contributed by atoms with E-state index in [1.54, 1.807) is 6.07 Å². The summed E-state index contributed by atoms with van der Waals surface area (Å²) in [5.74, 6) is 0. The standard InChI is InChI=1S/C23H17N3O3/c1-13-5-2-3-8-18(13)26-21-17-12-15(14-6-4-7-16(24)11-14)9-10-19(17)29-22(27)20(21)25-23(26)28/h2-12H,24H2,1H3,(H,25,28). The summed E-state index contributed by atoms with van der Waals surface area (Å²) in [6.07, 6.45) is 0. The molecule has 0 atom stereocenters. The van der Waals surface area contributed by atoms with Gasteiger partial charge in [-0.2, -0.15) is 0 Å². The van der Waals surface area contributed by atoms with Gasteiger partial charge in [0.05, 0.1) is 11.2 Å². The predicted octanol–water partition coefficient (Wildman–Crippen LogP) is 3.98. The zero-order valence-electron chi connectivity index (χ0n) is 15.6. The molecule has 0 saturated carbocycles. The molecule has 0 aliphatic heterocycles. The molecule has 0 radical (unpaired) electrons. The molecule has 6 nitrogen and oxygen atoms in total. The third-order valence-electron chi connectivity index (χ3n) is 5.11. The Labute approximate surface area is 164 Å². The first-order valence-electron chi connectivity index (χ1n) is 9.16. The molecule has 0 unspecified atom stereocenters. The van der Waals surface area contributed by atoms with Gasteiger partial charge < -0.3 is 10.2 Å². The van der Waals surface area contributed by atoms with Crippen LogP contribution in [0.5, 0.6) is 0 Å². The minimum atomic E-state index is -0.575. The van der Waals surface area contributed by atoms with Gasteiger partial charge in [-0.05, 0) is 53.9 Å². The van der Waals surface area contributed by atoms with Gasteiger partial charge in [0.25, 0.3) is 0 Å². The molecule has 0 fully saturated rings. The fourth-order valence-electron chi connectivity index (χ4n) is 3.74. The molecule has 0 bridgehead atoms. The molecule has 2 heterocycles. The van der Waals surface area contributed by atoms with E-state index in [2.05, 4.69) is 4.98 Å². The number of anilines is 1. The summed E-state index contributed by atoms with van der Waals surface area (Å²) in [6.45, 7) is 1.92. The molecule has 0 saturated heterocycles. The van der Waals surface area contributed by atoms with Gasteiger partial charge in [0, 0.05) is 11.1 Å². The summed E-state index contributed by atoms with van der Waals surface area (Å²) >= 11 is 0. The van der Waals surface area contributed by atoms with Crippen LogP contribution in [0.4, 0.5) is 5.69 Å². The smallest absolute Gasteiger partial charge is 0.362 e. The normalized spacial score (nSPS) is 11.3. The highest BCUT2D eigenvalue weighted by molar-refractivity contribution is 6.03. The minimum Gasteiger partial charge on any atom is -0.421 e. The number of hydrogen-bond donors (Lipinski definition) is 2. The molecular weight excluding hydrogens is 366 g/mol. The third-order valence-corrected chi connectivity index (χ3v) is 5.11. The number of hydrogen-bond acceptors (Lipinski definition) is 4. The van der Waals surface area contributed by atoms with Crippen molar-refractivity contribution in [1.82, 2.24) is 9.55 Å². The molecule has 6 heteroatoms. The fraction of sp³-hybridized carbons (Fsp3) is 0.0435. The zero-order valence-corrected chi connectivity index (χ0v) is 15.6. The maximum atomic E-state index is 12.8. The van der Waals surface area contributed by atoms with E-state index in [1.807, 2.05) is 67.6 Å². The molecule has 0 spiro atoms. The van der Waals surface area contributed by atoms with E-state index in [0.29, 0.717) is 27.9 Å². The Bertz CT molecular complexity index is 1520. The number of rotatable bonds is 2. The molecule has 0 amide bonds. The van der Waals surface area contributed by atoms with Gasteiger partial charge in [-0.1, -0.05) is 36.4 Å². The summed E-state index contributed by atoms with van der Waals surface area (Å²) in [6, 6.07) is 20.6. The van der Waals surface area contributed by atoms with Gasteiger partial charge in [-0.25, -0.2) is 9.59 Å². The maximum Gasteiger partial charge on any atom is 0.362 e. The third kappa shape index (κ3) is 2.65. The van der Waals surface area contributed by atoms with Crippen molar-refractivity contribution in [2.24, 2.45) is 0 Å². The number of para-hydroxylation sites is 1. The van der Waals surface area contributed by atoms with E-state index in [1.165, 1.54) is 4.57 Å². The quantitative estimate of drug-likeness (QED) is 0.356. The van der Waals surface area contributed by atoms with E-state index in [-0.39, 0.29) is 11.2 Å². The van der Waals surface area contributed by atoms with Gasteiger partial charge in [0.2, 0.25) is 0 Å². The van der Waals surface area contributed by atoms with Crippen molar-refractivity contribution in [2.45, 2.75) is 6.92 Å². The summed E-state index contributed by atoms with van der Waals surface area (Å²) in [5, 5.41) is 0.668. The lowest BCUT2D eigenvalue weighted by molar-refractivity contribution is 0.568. The van der Waals surface area contributed by atoms with Crippen LogP contribution in [0.3, 0.4) is 0 Å². The topological polar surface area (TPSA) is 94.0 Å². The molecule has 2 aromatic heterocycles. The number of fused-ring (bicyclic) bond motifs is 3. The van der Waals surface area contributed by atoms with Crippen LogP contribution in [0, 0.1) is 6.92 Å². The zero-order chi connectivity index (χ0) is 20.1. The maximum absolute atomic E-state index is 12.8. The lowest BCUT2D eigenvalue weighted by Gasteiger charge is -2.09. The Kier molecular flexibility index (Phi) is 3.67. The van der Waals surface area contributed by atoms with Crippen molar-refractivity contribution >= 4 is 27.7 Å². The fourth-order valence-corrected chi connectivity index (χ4v) is 3.74. The van der Waals surface area contributed by atoms with Crippen LogP contribution in [0.1, 0.15) is 5.56 Å². The molecule has 29 heavy (non-hydrogen) atoms. The van der Waals surface area contributed by atoms with Crippen molar-refractivity contribution in [1.29, 1.82) is 0 Å². The molecule has 0 aliphatic carbocycles. The van der Waals surface area contributed by atoms with E-state index in [9.17, 15) is 9.59 Å². The highest BCUT2D eigenvalue weighted by Gasteiger charge is 2.18. The molecular formula is C23H17N3O3. The number of aryl methyl sites for hydroxylation is 1. The van der Waals surface area contributed by atoms with E-state index >= 15 is 0 Å². The summed E-state index contributed by atoms with van der Waals surface area (Å²) < 4.78 is 7.00. The number of nitrogens with one attached hydrogen (secondary N) is 1. The van der Waals surface area contributed by atoms with Gasteiger partial charge in [0.15, 0.2) is 5.52 Å². The SMILES string of the molecule is Cc1ccccc1-n1c(=O)[nH]c2c(=O)oc3ccc(-c4cccc(N)c4)cc3c21. The highest BCUT2D eigenvalue weighted by Crippen LogP contribution is 2.30. The average Bonchev–Trinajstić information content (AvgIpc) is 3.06. The number of aromatic amines is 1. The highest BCUT2D eigenvalue weighted by atomic mass is 16.4. The number of nitrogen functional groups attached to an aromatic ring is 1. The minimum absolute atomic E-state index is 0.149. The van der Waals surface area contributed by atoms with Gasteiger partial charge >= 0.3 is 11.3 Å². The number of nitrogens with zero attached hydrogens (tertiary/aromatic N) is 1. The number of nitrogens with two attached hydrogens (primary N) is 1. The van der Waals surface area contributed by atoms with Gasteiger partial charge in [0.1, 0.15) is 5.58 Å². The molecule has 0 aliphatic rings. The Morgan fingerprint density at radius 2 is 1.72 bits per heavy atom. The van der Waals surface area contributed by atoms with E-state index < -0.39 is 5.63 Å². The van der Waals surface area contributed by atoms with Crippen molar-refractivity contribution < 1.29 is 4.42 Å². The monoisotopic (exact) mass is 383 g/mol. The Hall–Kier alpha value is -4.06. The van der Waals surface area contributed by atoms with E-state index in [4.69, 9.17) is 10.2 Å². The number of benzene rings is 3. The van der Waals surface area contributed by atoms with Crippen LogP contribution in [-0.2, 0) is 0 Å². The van der Waals surface area contributed by atoms with Crippen molar-refractivity contribution in [3.8, 4) is 16.8 Å². The first kappa shape index (κ1) is 17.1. The second-order valence-corrected chi connectivity index (χ2v) is 7.00. The van der Waals surface area contributed by atoms with Crippen LogP contribution in [0.15, 0.2) is 80.7 Å². The molecule has 5 rings (SSSR count). The molecule has 3 N–H and O–H groups in total. The average molecular weight is 383 g/mol. The number of aromatic nitrogens is 2. The van der Waals surface area contributed by atoms with Crippen LogP contribution in [-0.4, -0.2) is 9.55 Å². The van der Waals surface area contributed by atoms with Crippen LogP contribution >= 0.6 is 0 Å². The number of imidazole rings is 1. The second-order valence-electron chi connectivity index (χ2n) is 7.00. The first-order chi connectivity index (χ1) is 14.0. The van der Waals surface area contributed by atoms with Crippen LogP contribution < -0.4 is 17.0 Å². The van der Waals surface area contributed by atoms with Gasteiger partial charge in [-0.15, -0.1) is 0 Å². The van der Waals surface area contributed by atoms with E-state index in [0.717, 1.165) is 16.7 Å². The van der Waals surface area contributed by atoms with Crippen LogP contribution in [0.25, 0.3) is 38.8 Å². The van der Waals surface area contributed by atoms with Crippen molar-refractivity contribution in [3.63, 3.8) is 0 Å². The Morgan fingerprint density at radius 3 is 2.52 bits per heavy atom. The van der Waals surface area contributed by atoms with Gasteiger partial charge in [-0.3, -0.25) is 9.55 Å². The summed E-state index contributed by atoms with van der Waals surface area (Å²) in [4.78, 5) is 28.0. The van der Waals surface area contributed by atoms with Crippen LogP contribution in [0.2, 0.25) is 0 Å². The largest absolute Gasteiger partial charge is 0.421 e. The molecule has 142 valence electrons. The summed E-state index contributed by atoms with van der Waals surface area (Å²) in [5.41, 5.74) is 10.2. The second kappa shape index (κ2) is 6.24. The Balaban J connectivity index is 1.92. The predicted molar refractivity (Wildman–Crippen MR) is 115 cm³/mol.